The van der Waals surface area contributed by atoms with Gasteiger partial charge in [0.25, 0.3) is 0 Å². The minimum absolute atomic E-state index is 0.0242. The lowest BCUT2D eigenvalue weighted by Crippen LogP contribution is -2.45. The van der Waals surface area contributed by atoms with Gasteiger partial charge in [-0.2, -0.15) is 8.78 Å². The summed E-state index contributed by atoms with van der Waals surface area (Å²) in [6, 6.07) is 6.10. The van der Waals surface area contributed by atoms with Crippen LogP contribution in [0.4, 0.5) is 8.78 Å². The predicted molar refractivity (Wildman–Crippen MR) is 110 cm³/mol. The SMILES string of the molecule is CCNC(=NCc1ccc(OC)c(OC(F)F)c1)NC1CCN(C2CCCC2)C1. The van der Waals surface area contributed by atoms with Crippen molar-refractivity contribution in [1.82, 2.24) is 15.5 Å². The number of rotatable bonds is 8. The highest BCUT2D eigenvalue weighted by molar-refractivity contribution is 5.80. The number of aliphatic imine (C=N–C) groups is 1. The zero-order valence-electron chi connectivity index (χ0n) is 17.3. The molecule has 1 aliphatic carbocycles. The van der Waals surface area contributed by atoms with Gasteiger partial charge in [-0.1, -0.05) is 18.9 Å². The van der Waals surface area contributed by atoms with Crippen molar-refractivity contribution in [3.05, 3.63) is 23.8 Å². The van der Waals surface area contributed by atoms with E-state index in [1.165, 1.54) is 32.8 Å². The van der Waals surface area contributed by atoms with Crippen molar-refractivity contribution >= 4 is 5.96 Å². The summed E-state index contributed by atoms with van der Waals surface area (Å²) >= 11 is 0. The number of halogens is 2. The van der Waals surface area contributed by atoms with Crippen molar-refractivity contribution in [2.45, 2.75) is 64.3 Å². The van der Waals surface area contributed by atoms with E-state index in [1.54, 1.807) is 12.1 Å². The smallest absolute Gasteiger partial charge is 0.387 e. The fourth-order valence-corrected chi connectivity index (χ4v) is 4.20. The number of guanidine groups is 1. The van der Waals surface area contributed by atoms with Crippen LogP contribution in [0.5, 0.6) is 11.5 Å². The van der Waals surface area contributed by atoms with Gasteiger partial charge in [0.15, 0.2) is 17.5 Å². The van der Waals surface area contributed by atoms with Gasteiger partial charge in [0, 0.05) is 31.7 Å². The monoisotopic (exact) mass is 410 g/mol. The Morgan fingerprint density at radius 2 is 2.03 bits per heavy atom. The number of ether oxygens (including phenoxy) is 2. The van der Waals surface area contributed by atoms with Crippen LogP contribution in [0.3, 0.4) is 0 Å². The zero-order valence-corrected chi connectivity index (χ0v) is 17.3. The maximum atomic E-state index is 12.6. The third kappa shape index (κ3) is 6.19. The van der Waals surface area contributed by atoms with Crippen LogP contribution in [0, 0.1) is 0 Å². The third-order valence-corrected chi connectivity index (χ3v) is 5.61. The molecule has 1 aliphatic heterocycles. The number of nitrogens with one attached hydrogen (secondary N) is 2. The third-order valence-electron chi connectivity index (χ3n) is 5.61. The van der Waals surface area contributed by atoms with Crippen LogP contribution < -0.4 is 20.1 Å². The molecule has 3 rings (SSSR count). The van der Waals surface area contributed by atoms with E-state index in [4.69, 9.17) is 4.74 Å². The van der Waals surface area contributed by atoms with Gasteiger partial charge < -0.3 is 20.1 Å². The van der Waals surface area contributed by atoms with Crippen molar-refractivity contribution in [3.63, 3.8) is 0 Å². The summed E-state index contributed by atoms with van der Waals surface area (Å²) in [5.41, 5.74) is 0.776. The molecule has 0 amide bonds. The Bertz CT molecular complexity index is 681. The summed E-state index contributed by atoms with van der Waals surface area (Å²) < 4.78 is 34.9. The molecule has 1 saturated heterocycles. The number of methoxy groups -OCH3 is 1. The molecule has 0 spiro atoms. The van der Waals surface area contributed by atoms with E-state index in [0.717, 1.165) is 43.6 Å². The van der Waals surface area contributed by atoms with Gasteiger partial charge in [-0.15, -0.1) is 0 Å². The van der Waals surface area contributed by atoms with Gasteiger partial charge in [0.2, 0.25) is 0 Å². The Balaban J connectivity index is 1.60. The lowest BCUT2D eigenvalue weighted by molar-refractivity contribution is -0.0512. The van der Waals surface area contributed by atoms with E-state index in [0.29, 0.717) is 12.6 Å². The van der Waals surface area contributed by atoms with Crippen molar-refractivity contribution in [2.24, 2.45) is 4.99 Å². The predicted octanol–water partition coefficient (Wildman–Crippen LogP) is 3.37. The molecule has 1 aromatic rings. The summed E-state index contributed by atoms with van der Waals surface area (Å²) in [5, 5.41) is 6.81. The van der Waals surface area contributed by atoms with Gasteiger partial charge >= 0.3 is 6.61 Å². The molecule has 2 aliphatic rings. The first kappa shape index (κ1) is 21.6. The summed E-state index contributed by atoms with van der Waals surface area (Å²) in [6.07, 6.45) is 6.45. The highest BCUT2D eigenvalue weighted by Gasteiger charge is 2.30. The van der Waals surface area contributed by atoms with Crippen LogP contribution in [-0.2, 0) is 6.54 Å². The normalized spacial score (nSPS) is 21.0. The molecular formula is C21H32F2N4O2. The summed E-state index contributed by atoms with van der Waals surface area (Å²) in [6.45, 7) is 2.43. The molecule has 1 aromatic carbocycles. The largest absolute Gasteiger partial charge is 0.493 e. The maximum Gasteiger partial charge on any atom is 0.387 e. The first-order chi connectivity index (χ1) is 14.1. The van der Waals surface area contributed by atoms with Gasteiger partial charge in [0.1, 0.15) is 0 Å². The number of likely N-dealkylation sites (tertiary alicyclic amines) is 1. The topological polar surface area (TPSA) is 58.1 Å². The molecule has 1 saturated carbocycles. The Kier molecular flexibility index (Phi) is 7.91. The zero-order chi connectivity index (χ0) is 20.6. The van der Waals surface area contributed by atoms with E-state index in [1.807, 2.05) is 13.0 Å². The number of hydrogen-bond donors (Lipinski definition) is 2. The number of hydrogen-bond acceptors (Lipinski definition) is 4. The van der Waals surface area contributed by atoms with Crippen molar-refractivity contribution in [1.29, 1.82) is 0 Å². The van der Waals surface area contributed by atoms with E-state index in [2.05, 4.69) is 25.3 Å². The minimum atomic E-state index is -2.90. The lowest BCUT2D eigenvalue weighted by atomic mass is 10.2. The van der Waals surface area contributed by atoms with E-state index >= 15 is 0 Å². The van der Waals surface area contributed by atoms with Crippen LogP contribution in [0.1, 0.15) is 44.6 Å². The molecular weight excluding hydrogens is 378 g/mol. The molecule has 1 heterocycles. The molecule has 6 nitrogen and oxygen atoms in total. The molecule has 1 unspecified atom stereocenters. The maximum absolute atomic E-state index is 12.6. The fourth-order valence-electron chi connectivity index (χ4n) is 4.20. The molecule has 29 heavy (non-hydrogen) atoms. The van der Waals surface area contributed by atoms with Crippen LogP contribution in [0.15, 0.2) is 23.2 Å². The molecule has 2 N–H and O–H groups in total. The number of benzene rings is 1. The highest BCUT2D eigenvalue weighted by atomic mass is 19.3. The average molecular weight is 411 g/mol. The Morgan fingerprint density at radius 1 is 1.24 bits per heavy atom. The molecule has 0 bridgehead atoms. The minimum Gasteiger partial charge on any atom is -0.493 e. The second-order valence-electron chi connectivity index (χ2n) is 7.62. The first-order valence-electron chi connectivity index (χ1n) is 10.5. The second kappa shape index (κ2) is 10.6. The summed E-state index contributed by atoms with van der Waals surface area (Å²) in [5.74, 6) is 1.05. The molecule has 0 aromatic heterocycles. The van der Waals surface area contributed by atoms with E-state index in [-0.39, 0.29) is 11.5 Å². The fraction of sp³-hybridized carbons (Fsp3) is 0.667. The number of alkyl halides is 2. The Hall–Kier alpha value is -2.09. The Morgan fingerprint density at radius 3 is 2.72 bits per heavy atom. The Labute approximate surface area is 171 Å². The molecule has 2 fully saturated rings. The van der Waals surface area contributed by atoms with Crippen molar-refractivity contribution in [3.8, 4) is 11.5 Å². The standard InChI is InChI=1S/C21H32F2N4O2/c1-3-24-21(26-16-10-11-27(14-16)17-6-4-5-7-17)25-13-15-8-9-18(28-2)19(12-15)29-20(22)23/h8-9,12,16-17,20H,3-7,10-11,13-14H2,1-2H3,(H2,24,25,26). The summed E-state index contributed by atoms with van der Waals surface area (Å²) in [4.78, 5) is 7.24. The second-order valence-corrected chi connectivity index (χ2v) is 7.62. The summed E-state index contributed by atoms with van der Waals surface area (Å²) in [7, 11) is 1.43. The van der Waals surface area contributed by atoms with Gasteiger partial charge in [0.05, 0.1) is 13.7 Å². The van der Waals surface area contributed by atoms with Gasteiger partial charge in [-0.05, 0) is 43.9 Å². The van der Waals surface area contributed by atoms with Gasteiger partial charge in [-0.25, -0.2) is 4.99 Å². The molecule has 162 valence electrons. The number of nitrogens with zero attached hydrogens (tertiary/aromatic N) is 2. The van der Waals surface area contributed by atoms with Crippen molar-refractivity contribution < 1.29 is 18.3 Å². The molecule has 0 radical (unpaired) electrons. The van der Waals surface area contributed by atoms with Gasteiger partial charge in [-0.3, -0.25) is 4.90 Å². The quantitative estimate of drug-likeness (QED) is 0.508. The molecule has 8 heteroatoms. The lowest BCUT2D eigenvalue weighted by Gasteiger charge is -2.24. The highest BCUT2D eigenvalue weighted by Crippen LogP contribution is 2.30. The first-order valence-corrected chi connectivity index (χ1v) is 10.5. The van der Waals surface area contributed by atoms with Crippen LogP contribution in [0.2, 0.25) is 0 Å². The van der Waals surface area contributed by atoms with E-state index in [9.17, 15) is 8.78 Å². The van der Waals surface area contributed by atoms with Crippen molar-refractivity contribution in [2.75, 3.05) is 26.7 Å². The van der Waals surface area contributed by atoms with E-state index < -0.39 is 6.61 Å². The van der Waals surface area contributed by atoms with Crippen LogP contribution in [-0.4, -0.2) is 56.3 Å². The molecule has 1 atom stereocenters. The van der Waals surface area contributed by atoms with Crippen LogP contribution >= 0.6 is 0 Å². The average Bonchev–Trinajstić information content (AvgIpc) is 3.38. The van der Waals surface area contributed by atoms with Crippen LogP contribution in [0.25, 0.3) is 0 Å².